The second kappa shape index (κ2) is 4.55. The summed E-state index contributed by atoms with van der Waals surface area (Å²) in [5.41, 5.74) is 5.82. The van der Waals surface area contributed by atoms with Gasteiger partial charge in [-0.2, -0.15) is 0 Å². The molecule has 17 heavy (non-hydrogen) atoms. The lowest BCUT2D eigenvalue weighted by molar-refractivity contribution is -0.124. The van der Waals surface area contributed by atoms with Crippen LogP contribution in [0.3, 0.4) is 0 Å². The Morgan fingerprint density at radius 1 is 1.47 bits per heavy atom. The van der Waals surface area contributed by atoms with Crippen LogP contribution in [0.2, 0.25) is 5.02 Å². The molecule has 1 aliphatic carbocycles. The molecular formula is C12H15ClN2O2. The van der Waals surface area contributed by atoms with Crippen LogP contribution < -0.4 is 15.6 Å². The molecule has 92 valence electrons. The second-order valence-electron chi connectivity index (χ2n) is 4.14. The number of rotatable bonds is 4. The third-order valence-electron chi connectivity index (χ3n) is 3.13. The number of amides is 1. The van der Waals surface area contributed by atoms with Gasteiger partial charge in [0.1, 0.15) is 5.75 Å². The van der Waals surface area contributed by atoms with Crippen LogP contribution in [0.1, 0.15) is 18.4 Å². The van der Waals surface area contributed by atoms with E-state index in [4.69, 9.17) is 16.3 Å². The third kappa shape index (κ3) is 2.10. The smallest absolute Gasteiger partial charge is 0.244 e. The highest BCUT2D eigenvalue weighted by Crippen LogP contribution is 2.49. The second-order valence-corrected chi connectivity index (χ2v) is 4.54. The number of hydrogen-bond acceptors (Lipinski definition) is 3. The number of hydrazine groups is 1. The minimum absolute atomic E-state index is 0.0127. The number of carbonyl (C=O) groups is 1. The lowest BCUT2D eigenvalue weighted by Gasteiger charge is -2.16. The number of nitrogens with one attached hydrogen (secondary N) is 2. The van der Waals surface area contributed by atoms with E-state index in [1.807, 2.05) is 12.1 Å². The molecule has 0 radical (unpaired) electrons. The van der Waals surface area contributed by atoms with Crippen LogP contribution in [-0.4, -0.2) is 20.1 Å². The molecule has 0 spiro atoms. The Hall–Kier alpha value is -1.26. The number of halogens is 1. The van der Waals surface area contributed by atoms with Gasteiger partial charge in [-0.25, -0.2) is 5.43 Å². The molecule has 0 atom stereocenters. The molecule has 1 saturated carbocycles. The van der Waals surface area contributed by atoms with Gasteiger partial charge in [-0.05, 0) is 30.5 Å². The monoisotopic (exact) mass is 254 g/mol. The predicted molar refractivity (Wildman–Crippen MR) is 66.1 cm³/mol. The fraction of sp³-hybridized carbons (Fsp3) is 0.417. The first-order valence-corrected chi connectivity index (χ1v) is 5.83. The highest BCUT2D eigenvalue weighted by Gasteiger charge is 2.51. The summed E-state index contributed by atoms with van der Waals surface area (Å²) in [4.78, 5) is 11.9. The molecule has 1 fully saturated rings. The van der Waals surface area contributed by atoms with Crippen molar-refractivity contribution in [2.45, 2.75) is 18.3 Å². The molecule has 0 aliphatic heterocycles. The van der Waals surface area contributed by atoms with Crippen LogP contribution in [0.15, 0.2) is 18.2 Å². The fourth-order valence-corrected chi connectivity index (χ4v) is 2.23. The summed E-state index contributed by atoms with van der Waals surface area (Å²) in [5, 5.41) is 0.536. The van der Waals surface area contributed by atoms with Gasteiger partial charge in [-0.3, -0.25) is 10.2 Å². The van der Waals surface area contributed by atoms with E-state index in [1.54, 1.807) is 20.2 Å². The van der Waals surface area contributed by atoms with E-state index in [9.17, 15) is 4.79 Å². The Morgan fingerprint density at radius 3 is 2.65 bits per heavy atom. The Labute approximate surface area is 105 Å². The third-order valence-corrected chi connectivity index (χ3v) is 3.42. The van der Waals surface area contributed by atoms with Gasteiger partial charge in [0.25, 0.3) is 0 Å². The first kappa shape index (κ1) is 12.2. The van der Waals surface area contributed by atoms with Crippen molar-refractivity contribution in [1.29, 1.82) is 0 Å². The van der Waals surface area contributed by atoms with Crippen LogP contribution in [0.25, 0.3) is 0 Å². The van der Waals surface area contributed by atoms with E-state index in [1.165, 1.54) is 0 Å². The molecule has 1 amide bonds. The molecule has 2 rings (SSSR count). The van der Waals surface area contributed by atoms with Crippen molar-refractivity contribution in [3.63, 3.8) is 0 Å². The molecule has 0 heterocycles. The molecule has 4 nitrogen and oxygen atoms in total. The number of hydrogen-bond donors (Lipinski definition) is 2. The maximum absolute atomic E-state index is 11.9. The van der Waals surface area contributed by atoms with Gasteiger partial charge >= 0.3 is 0 Å². The number of carbonyl (C=O) groups excluding carboxylic acids is 1. The average molecular weight is 255 g/mol. The summed E-state index contributed by atoms with van der Waals surface area (Å²) in [6.45, 7) is 0. The largest absolute Gasteiger partial charge is 0.495 e. The van der Waals surface area contributed by atoms with Crippen molar-refractivity contribution < 1.29 is 9.53 Å². The van der Waals surface area contributed by atoms with Gasteiger partial charge in [-0.1, -0.05) is 17.7 Å². The van der Waals surface area contributed by atoms with E-state index in [0.29, 0.717) is 10.8 Å². The Kier molecular flexibility index (Phi) is 3.26. The van der Waals surface area contributed by atoms with Gasteiger partial charge < -0.3 is 4.74 Å². The predicted octanol–water partition coefficient (Wildman–Crippen LogP) is 1.63. The normalized spacial score (nSPS) is 16.4. The van der Waals surface area contributed by atoms with Crippen LogP contribution >= 0.6 is 11.6 Å². The van der Waals surface area contributed by atoms with Crippen molar-refractivity contribution in [1.82, 2.24) is 10.9 Å². The fourth-order valence-electron chi connectivity index (χ4n) is 1.97. The molecule has 0 bridgehead atoms. The molecule has 1 aromatic rings. The van der Waals surface area contributed by atoms with Crippen LogP contribution in [0, 0.1) is 0 Å². The molecule has 2 N–H and O–H groups in total. The van der Waals surface area contributed by atoms with Gasteiger partial charge in [-0.15, -0.1) is 0 Å². The zero-order valence-corrected chi connectivity index (χ0v) is 10.6. The van der Waals surface area contributed by atoms with Crippen LogP contribution in [0.5, 0.6) is 5.75 Å². The van der Waals surface area contributed by atoms with Gasteiger partial charge in [0.15, 0.2) is 0 Å². The summed E-state index contributed by atoms with van der Waals surface area (Å²) < 4.78 is 5.10. The number of benzene rings is 1. The lowest BCUT2D eigenvalue weighted by Crippen LogP contribution is -2.41. The van der Waals surface area contributed by atoms with E-state index < -0.39 is 5.41 Å². The zero-order chi connectivity index (χ0) is 12.5. The quantitative estimate of drug-likeness (QED) is 0.803. The van der Waals surface area contributed by atoms with Crippen LogP contribution in [-0.2, 0) is 10.2 Å². The minimum Gasteiger partial charge on any atom is -0.495 e. The molecule has 1 aliphatic rings. The SMILES string of the molecule is CNNC(=O)C1(c2ccc(OC)c(Cl)c2)CC1. The maximum atomic E-state index is 11.9. The first-order valence-electron chi connectivity index (χ1n) is 5.45. The zero-order valence-electron chi connectivity index (χ0n) is 9.84. The molecule has 0 aromatic heterocycles. The Bertz CT molecular complexity index is 444. The number of methoxy groups -OCH3 is 1. The summed E-state index contributed by atoms with van der Waals surface area (Å²) in [5.74, 6) is 0.612. The summed E-state index contributed by atoms with van der Waals surface area (Å²) in [7, 11) is 3.25. The molecule has 5 heteroatoms. The van der Waals surface area contributed by atoms with E-state index >= 15 is 0 Å². The summed E-state index contributed by atoms with van der Waals surface area (Å²) in [6.07, 6.45) is 1.70. The van der Waals surface area contributed by atoms with Crippen LogP contribution in [0.4, 0.5) is 0 Å². The average Bonchev–Trinajstić information content (AvgIpc) is 3.10. The van der Waals surface area contributed by atoms with Gasteiger partial charge in [0.2, 0.25) is 5.91 Å². The van der Waals surface area contributed by atoms with Crippen molar-refractivity contribution in [3.8, 4) is 5.75 Å². The van der Waals surface area contributed by atoms with E-state index in [-0.39, 0.29) is 5.91 Å². The van der Waals surface area contributed by atoms with E-state index in [2.05, 4.69) is 10.9 Å². The Balaban J connectivity index is 2.28. The highest BCUT2D eigenvalue weighted by molar-refractivity contribution is 6.32. The lowest BCUT2D eigenvalue weighted by atomic mass is 9.95. The van der Waals surface area contributed by atoms with Crippen molar-refractivity contribution in [3.05, 3.63) is 28.8 Å². The highest BCUT2D eigenvalue weighted by atomic mass is 35.5. The minimum atomic E-state index is -0.418. The van der Waals surface area contributed by atoms with E-state index in [0.717, 1.165) is 18.4 Å². The molecule has 1 aromatic carbocycles. The molecule has 0 saturated heterocycles. The topological polar surface area (TPSA) is 50.4 Å². The van der Waals surface area contributed by atoms with Crippen molar-refractivity contribution >= 4 is 17.5 Å². The maximum Gasteiger partial charge on any atom is 0.244 e. The number of ether oxygens (including phenoxy) is 1. The standard InChI is InChI=1S/C12H15ClN2O2/c1-14-15-11(16)12(5-6-12)8-3-4-10(17-2)9(13)7-8/h3-4,7,14H,5-6H2,1-2H3,(H,15,16). The Morgan fingerprint density at radius 2 is 2.18 bits per heavy atom. The summed E-state index contributed by atoms with van der Waals surface area (Å²) >= 11 is 6.07. The molecular weight excluding hydrogens is 240 g/mol. The van der Waals surface area contributed by atoms with Crippen molar-refractivity contribution in [2.75, 3.05) is 14.2 Å². The van der Waals surface area contributed by atoms with Gasteiger partial charge in [0.05, 0.1) is 17.5 Å². The van der Waals surface area contributed by atoms with Crippen molar-refractivity contribution in [2.24, 2.45) is 0 Å². The first-order chi connectivity index (χ1) is 8.14. The molecule has 0 unspecified atom stereocenters. The van der Waals surface area contributed by atoms with Gasteiger partial charge in [0, 0.05) is 7.05 Å². The summed E-state index contributed by atoms with van der Waals surface area (Å²) in [6, 6.07) is 5.50.